The van der Waals surface area contributed by atoms with E-state index in [0.29, 0.717) is 53.9 Å². The van der Waals surface area contributed by atoms with Gasteiger partial charge in [0.2, 0.25) is 0 Å². The highest BCUT2D eigenvalue weighted by Crippen LogP contribution is 2.30. The Morgan fingerprint density at radius 2 is 0.709 bits per heavy atom. The molecule has 3 aromatic carbocycles. The molecular weight excluding hydrogens is 689 g/mol. The molecule has 0 aromatic heterocycles. The third-order valence-electron chi connectivity index (χ3n) is 9.79. The number of benzene rings is 3. The fourth-order valence-electron chi connectivity index (χ4n) is 6.37. The molecule has 0 aliphatic rings. The van der Waals surface area contributed by atoms with Crippen LogP contribution in [-0.2, 0) is 0 Å². The van der Waals surface area contributed by atoms with Gasteiger partial charge in [-0.25, -0.2) is 9.59 Å². The minimum Gasteiger partial charge on any atom is -0.494 e. The van der Waals surface area contributed by atoms with Gasteiger partial charge in [-0.3, -0.25) is 0 Å². The van der Waals surface area contributed by atoms with Crippen LogP contribution in [-0.4, -0.2) is 31.8 Å². The fourth-order valence-corrected chi connectivity index (χ4v) is 6.37. The Morgan fingerprint density at radius 3 is 1.16 bits per heavy atom. The predicted molar refractivity (Wildman–Crippen MR) is 224 cm³/mol. The van der Waals surface area contributed by atoms with Crippen molar-refractivity contribution in [2.24, 2.45) is 0 Å². The van der Waals surface area contributed by atoms with Crippen molar-refractivity contribution >= 4 is 11.9 Å². The Hall–Kier alpha value is -4.00. The number of esters is 2. The maximum Gasteiger partial charge on any atom is 0.343 e. The highest BCUT2D eigenvalue weighted by Gasteiger charge is 2.15. The van der Waals surface area contributed by atoms with E-state index in [1.807, 2.05) is 0 Å². The third kappa shape index (κ3) is 19.9. The highest BCUT2D eigenvalue weighted by atomic mass is 16.5. The van der Waals surface area contributed by atoms with Crippen molar-refractivity contribution in [2.45, 2.75) is 162 Å². The van der Waals surface area contributed by atoms with Crippen LogP contribution >= 0.6 is 0 Å². The van der Waals surface area contributed by atoms with Crippen molar-refractivity contribution < 1.29 is 33.3 Å². The lowest BCUT2D eigenvalue weighted by atomic mass is 10.1. The van der Waals surface area contributed by atoms with Crippen LogP contribution in [0.25, 0.3) is 0 Å². The van der Waals surface area contributed by atoms with E-state index < -0.39 is 11.9 Å². The van der Waals surface area contributed by atoms with Crippen LogP contribution < -0.4 is 23.7 Å². The van der Waals surface area contributed by atoms with E-state index in [1.165, 1.54) is 109 Å². The van der Waals surface area contributed by atoms with Gasteiger partial charge in [-0.2, -0.15) is 0 Å². The van der Waals surface area contributed by atoms with Gasteiger partial charge in [-0.15, -0.1) is 0 Å². The predicted octanol–water partition coefficient (Wildman–Crippen LogP) is 13.9. The van der Waals surface area contributed by atoms with Crippen LogP contribution in [0.1, 0.15) is 183 Å². The molecular formula is C48H70O7. The number of hydrogen-bond acceptors (Lipinski definition) is 7. The van der Waals surface area contributed by atoms with Crippen LogP contribution in [0, 0.1) is 0 Å². The summed E-state index contributed by atoms with van der Waals surface area (Å²) in [5, 5.41) is 0. The van der Waals surface area contributed by atoms with E-state index in [-0.39, 0.29) is 0 Å². The lowest BCUT2D eigenvalue weighted by molar-refractivity contribution is 0.0719. The molecule has 0 bridgehead atoms. The minimum absolute atomic E-state index is 0.339. The van der Waals surface area contributed by atoms with Crippen molar-refractivity contribution in [2.75, 3.05) is 19.8 Å². The summed E-state index contributed by atoms with van der Waals surface area (Å²) in [6.45, 7) is 8.54. The molecule has 0 unspecified atom stereocenters. The van der Waals surface area contributed by atoms with Crippen LogP contribution in [0.3, 0.4) is 0 Å². The largest absolute Gasteiger partial charge is 0.494 e. The third-order valence-corrected chi connectivity index (χ3v) is 9.79. The van der Waals surface area contributed by atoms with E-state index in [9.17, 15) is 9.59 Å². The molecule has 0 N–H and O–H groups in total. The van der Waals surface area contributed by atoms with Crippen LogP contribution in [0.5, 0.6) is 28.7 Å². The van der Waals surface area contributed by atoms with Gasteiger partial charge < -0.3 is 23.7 Å². The Balaban J connectivity index is 1.44. The maximum absolute atomic E-state index is 13.2. The molecule has 0 aliphatic heterocycles. The summed E-state index contributed by atoms with van der Waals surface area (Å²) in [5.41, 5.74) is 0.798. The van der Waals surface area contributed by atoms with Crippen molar-refractivity contribution in [3.8, 4) is 28.7 Å². The van der Waals surface area contributed by atoms with Gasteiger partial charge >= 0.3 is 11.9 Å². The second kappa shape index (κ2) is 29.3. The summed E-state index contributed by atoms with van der Waals surface area (Å²) in [4.78, 5) is 26.0. The minimum atomic E-state index is -0.507. The molecule has 0 saturated heterocycles. The van der Waals surface area contributed by atoms with Crippen LogP contribution in [0.4, 0.5) is 0 Å². The molecule has 7 nitrogen and oxygen atoms in total. The Morgan fingerprint density at radius 1 is 0.364 bits per heavy atom. The van der Waals surface area contributed by atoms with Gasteiger partial charge in [0.1, 0.15) is 17.2 Å². The topological polar surface area (TPSA) is 80.3 Å². The summed E-state index contributed by atoms with van der Waals surface area (Å²) in [6, 6.07) is 18.7. The second-order valence-corrected chi connectivity index (χ2v) is 14.7. The van der Waals surface area contributed by atoms with E-state index in [2.05, 4.69) is 20.8 Å². The van der Waals surface area contributed by atoms with Gasteiger partial charge in [-0.1, -0.05) is 143 Å². The van der Waals surface area contributed by atoms with Crippen molar-refractivity contribution in [3.63, 3.8) is 0 Å². The van der Waals surface area contributed by atoms with Gasteiger partial charge in [-0.05, 0) is 86.0 Å². The molecule has 304 valence electrons. The average Bonchev–Trinajstić information content (AvgIpc) is 3.20. The Labute approximate surface area is 332 Å². The lowest BCUT2D eigenvalue weighted by Crippen LogP contribution is -2.10. The molecule has 0 saturated carbocycles. The molecule has 7 heteroatoms. The summed E-state index contributed by atoms with van der Waals surface area (Å²) in [5.74, 6) is 1.66. The first-order chi connectivity index (χ1) is 27.0. The zero-order valence-corrected chi connectivity index (χ0v) is 34.4. The van der Waals surface area contributed by atoms with Gasteiger partial charge in [0.05, 0.1) is 30.9 Å². The van der Waals surface area contributed by atoms with E-state index >= 15 is 0 Å². The highest BCUT2D eigenvalue weighted by molar-refractivity contribution is 5.92. The van der Waals surface area contributed by atoms with Crippen molar-refractivity contribution in [1.82, 2.24) is 0 Å². The average molecular weight is 759 g/mol. The smallest absolute Gasteiger partial charge is 0.343 e. The quantitative estimate of drug-likeness (QED) is 0.0356. The Kier molecular flexibility index (Phi) is 24.2. The number of ether oxygens (including phenoxy) is 5. The summed E-state index contributed by atoms with van der Waals surface area (Å²) in [6.07, 6.45) is 27.0. The van der Waals surface area contributed by atoms with E-state index in [1.54, 1.807) is 66.7 Å². The van der Waals surface area contributed by atoms with E-state index in [0.717, 1.165) is 37.9 Å². The standard InChI is InChI=1S/C48H70O7/c1-4-7-10-13-16-17-18-19-22-23-36-51-42-29-26-40(27-30-42)47(49)54-43-31-33-44(34-32-43)55-48(50)41-28-35-45(52-37-24-20-14-11-8-5-2)46(39-41)53-38-25-21-15-12-9-6-3/h26-35,39H,4-25,36-38H2,1-3H3. The molecule has 0 fully saturated rings. The molecule has 0 atom stereocenters. The first-order valence-electron chi connectivity index (χ1n) is 21.7. The summed E-state index contributed by atoms with van der Waals surface area (Å²) in [7, 11) is 0. The zero-order valence-electron chi connectivity index (χ0n) is 34.4. The molecule has 3 rings (SSSR count). The number of rotatable bonds is 32. The Bertz CT molecular complexity index is 1430. The first-order valence-corrected chi connectivity index (χ1v) is 21.7. The number of carbonyl (C=O) groups excluding carboxylic acids is 2. The number of unbranched alkanes of at least 4 members (excludes halogenated alkanes) is 19. The van der Waals surface area contributed by atoms with Gasteiger partial charge in [0.15, 0.2) is 11.5 Å². The molecule has 0 radical (unpaired) electrons. The SMILES string of the molecule is CCCCCCCCCCCCOc1ccc(C(=O)Oc2ccc(OC(=O)c3ccc(OCCCCCCCC)c(OCCCCCCCC)c3)cc2)cc1. The molecule has 0 amide bonds. The summed E-state index contributed by atoms with van der Waals surface area (Å²) >= 11 is 0. The number of hydrogen-bond donors (Lipinski definition) is 0. The molecule has 0 aliphatic carbocycles. The second-order valence-electron chi connectivity index (χ2n) is 14.7. The maximum atomic E-state index is 13.2. The van der Waals surface area contributed by atoms with Gasteiger partial charge in [0.25, 0.3) is 0 Å². The number of carbonyl (C=O) groups is 2. The van der Waals surface area contributed by atoms with Gasteiger partial charge in [0, 0.05) is 0 Å². The normalized spacial score (nSPS) is 11.0. The van der Waals surface area contributed by atoms with E-state index in [4.69, 9.17) is 23.7 Å². The lowest BCUT2D eigenvalue weighted by Gasteiger charge is -2.14. The molecule has 3 aromatic rings. The summed E-state index contributed by atoms with van der Waals surface area (Å²) < 4.78 is 29.4. The van der Waals surface area contributed by atoms with Crippen molar-refractivity contribution in [3.05, 3.63) is 77.9 Å². The molecule has 0 heterocycles. The van der Waals surface area contributed by atoms with Crippen molar-refractivity contribution in [1.29, 1.82) is 0 Å². The molecule has 0 spiro atoms. The van der Waals surface area contributed by atoms with Crippen LogP contribution in [0.15, 0.2) is 66.7 Å². The fraction of sp³-hybridized carbons (Fsp3) is 0.583. The zero-order chi connectivity index (χ0) is 39.2. The van der Waals surface area contributed by atoms with Crippen LogP contribution in [0.2, 0.25) is 0 Å². The molecule has 55 heavy (non-hydrogen) atoms. The first kappa shape index (κ1) is 45.4. The monoisotopic (exact) mass is 759 g/mol.